The van der Waals surface area contributed by atoms with Crippen molar-refractivity contribution in [3.05, 3.63) is 59.7 Å². The van der Waals surface area contributed by atoms with Crippen molar-refractivity contribution in [2.45, 2.75) is 57.1 Å². The van der Waals surface area contributed by atoms with E-state index in [1.54, 1.807) is 0 Å². The Morgan fingerprint density at radius 1 is 0.935 bits per heavy atom. The number of β-amino-alcohol motifs (C(OH)–C–C–N with tert-alkyl or cyclic N) is 1. The summed E-state index contributed by atoms with van der Waals surface area (Å²) >= 11 is 0. The number of piperidine rings is 1. The molecule has 0 radical (unpaired) electrons. The van der Waals surface area contributed by atoms with E-state index in [9.17, 15) is 20.4 Å². The van der Waals surface area contributed by atoms with Gasteiger partial charge in [-0.2, -0.15) is 0 Å². The lowest BCUT2D eigenvalue weighted by molar-refractivity contribution is -0.145. The van der Waals surface area contributed by atoms with Gasteiger partial charge in [0.1, 0.15) is 12.2 Å². The minimum atomic E-state index is -1.20. The molecule has 1 saturated heterocycles. The van der Waals surface area contributed by atoms with E-state index in [0.29, 0.717) is 19.8 Å². The number of ether oxygens (including phenoxy) is 1. The summed E-state index contributed by atoms with van der Waals surface area (Å²) in [5, 5.41) is 39.1. The number of hydrogen-bond acceptors (Lipinski definition) is 6. The summed E-state index contributed by atoms with van der Waals surface area (Å²) in [6.07, 6.45) is -0.567. The summed E-state index contributed by atoms with van der Waals surface area (Å²) in [7, 11) is 0. The van der Waals surface area contributed by atoms with Crippen LogP contribution in [0, 0.1) is 6.92 Å². The normalized spacial score (nSPS) is 24.4. The fourth-order valence-corrected chi connectivity index (χ4v) is 4.20. The number of benzene rings is 2. The molecule has 0 aliphatic carbocycles. The number of rotatable bonds is 10. The van der Waals surface area contributed by atoms with E-state index in [2.05, 4.69) is 55.5 Å². The second kappa shape index (κ2) is 11.7. The molecular formula is C25H35NO5. The van der Waals surface area contributed by atoms with Gasteiger partial charge in [-0.3, -0.25) is 4.90 Å². The summed E-state index contributed by atoms with van der Waals surface area (Å²) < 4.78 is 5.80. The summed E-state index contributed by atoms with van der Waals surface area (Å²) in [6.45, 7) is 4.06. The lowest BCUT2D eigenvalue weighted by atomic mass is 9.94. The van der Waals surface area contributed by atoms with Gasteiger partial charge in [0, 0.05) is 13.2 Å². The maximum absolute atomic E-state index is 10.0. The molecule has 170 valence electrons. The van der Waals surface area contributed by atoms with Gasteiger partial charge in [-0.25, -0.2) is 0 Å². The number of aliphatic hydroxyl groups is 4. The van der Waals surface area contributed by atoms with Crippen LogP contribution in [0.1, 0.15) is 30.4 Å². The maximum atomic E-state index is 10.0. The van der Waals surface area contributed by atoms with Crippen molar-refractivity contribution in [1.82, 2.24) is 4.90 Å². The van der Waals surface area contributed by atoms with Gasteiger partial charge in [-0.05, 0) is 55.0 Å². The molecule has 0 aromatic heterocycles. The molecule has 0 saturated carbocycles. The summed E-state index contributed by atoms with van der Waals surface area (Å²) in [6, 6.07) is 16.3. The molecule has 6 heteroatoms. The SMILES string of the molecule is Cc1ccccc1-c1ccc(COCCCCCN2CC(O)C(O)C(O)C2CO)cc1. The molecule has 2 aromatic carbocycles. The van der Waals surface area contributed by atoms with Crippen LogP contribution in [0.5, 0.6) is 0 Å². The van der Waals surface area contributed by atoms with Crippen molar-refractivity contribution < 1.29 is 25.2 Å². The Morgan fingerprint density at radius 2 is 1.68 bits per heavy atom. The maximum Gasteiger partial charge on any atom is 0.109 e. The van der Waals surface area contributed by atoms with Gasteiger partial charge in [-0.15, -0.1) is 0 Å². The van der Waals surface area contributed by atoms with Crippen LogP contribution >= 0.6 is 0 Å². The zero-order chi connectivity index (χ0) is 22.2. The molecular weight excluding hydrogens is 394 g/mol. The van der Waals surface area contributed by atoms with Crippen molar-refractivity contribution in [2.75, 3.05) is 26.3 Å². The third kappa shape index (κ3) is 6.35. The van der Waals surface area contributed by atoms with Crippen LogP contribution in [-0.2, 0) is 11.3 Å². The van der Waals surface area contributed by atoms with Crippen LogP contribution in [0.25, 0.3) is 11.1 Å². The Balaban J connectivity index is 1.33. The smallest absolute Gasteiger partial charge is 0.109 e. The molecule has 1 heterocycles. The van der Waals surface area contributed by atoms with Crippen LogP contribution in [0.15, 0.2) is 48.5 Å². The Kier molecular flexibility index (Phi) is 9.02. The number of hydrogen-bond donors (Lipinski definition) is 4. The van der Waals surface area contributed by atoms with E-state index in [0.717, 1.165) is 24.8 Å². The van der Waals surface area contributed by atoms with Crippen LogP contribution in [0.2, 0.25) is 0 Å². The fourth-order valence-electron chi connectivity index (χ4n) is 4.20. The Hall–Kier alpha value is -1.80. The monoisotopic (exact) mass is 429 g/mol. The van der Waals surface area contributed by atoms with Crippen LogP contribution in [0.3, 0.4) is 0 Å². The third-order valence-corrected chi connectivity index (χ3v) is 6.13. The highest BCUT2D eigenvalue weighted by molar-refractivity contribution is 5.67. The molecule has 4 atom stereocenters. The molecule has 0 amide bonds. The first-order valence-electron chi connectivity index (χ1n) is 11.1. The Morgan fingerprint density at radius 3 is 2.39 bits per heavy atom. The first-order valence-corrected chi connectivity index (χ1v) is 11.1. The van der Waals surface area contributed by atoms with Crippen LogP contribution < -0.4 is 0 Å². The van der Waals surface area contributed by atoms with E-state index in [1.807, 2.05) is 4.90 Å². The highest BCUT2D eigenvalue weighted by Gasteiger charge is 2.40. The van der Waals surface area contributed by atoms with Gasteiger partial charge < -0.3 is 25.2 Å². The van der Waals surface area contributed by atoms with E-state index >= 15 is 0 Å². The largest absolute Gasteiger partial charge is 0.395 e. The average molecular weight is 430 g/mol. The third-order valence-electron chi connectivity index (χ3n) is 6.13. The van der Waals surface area contributed by atoms with Crippen molar-refractivity contribution in [2.24, 2.45) is 0 Å². The van der Waals surface area contributed by atoms with Gasteiger partial charge in [0.05, 0.1) is 25.4 Å². The van der Waals surface area contributed by atoms with Crippen molar-refractivity contribution in [1.29, 1.82) is 0 Å². The van der Waals surface area contributed by atoms with Gasteiger partial charge >= 0.3 is 0 Å². The lowest BCUT2D eigenvalue weighted by Crippen LogP contribution is -2.62. The zero-order valence-corrected chi connectivity index (χ0v) is 18.2. The van der Waals surface area contributed by atoms with Crippen LogP contribution in [0.4, 0.5) is 0 Å². The number of likely N-dealkylation sites (tertiary alicyclic amines) is 1. The van der Waals surface area contributed by atoms with Crippen molar-refractivity contribution in [3.8, 4) is 11.1 Å². The van der Waals surface area contributed by atoms with Crippen molar-refractivity contribution in [3.63, 3.8) is 0 Å². The molecule has 4 N–H and O–H groups in total. The molecule has 3 rings (SSSR count). The van der Waals surface area contributed by atoms with Gasteiger partial charge in [-0.1, -0.05) is 48.5 Å². The highest BCUT2D eigenvalue weighted by atomic mass is 16.5. The molecule has 1 aliphatic heterocycles. The summed E-state index contributed by atoms with van der Waals surface area (Å²) in [5.41, 5.74) is 4.88. The molecule has 31 heavy (non-hydrogen) atoms. The minimum Gasteiger partial charge on any atom is -0.395 e. The number of aliphatic hydroxyl groups excluding tert-OH is 4. The number of unbranched alkanes of at least 4 members (excludes halogenated alkanes) is 2. The number of aryl methyl sites for hydroxylation is 1. The first kappa shape index (κ1) is 23.9. The van der Waals surface area contributed by atoms with E-state index < -0.39 is 24.4 Å². The van der Waals surface area contributed by atoms with Gasteiger partial charge in [0.25, 0.3) is 0 Å². The molecule has 1 aliphatic rings. The fraction of sp³-hybridized carbons (Fsp3) is 0.520. The molecule has 1 fully saturated rings. The second-order valence-corrected chi connectivity index (χ2v) is 8.42. The molecule has 2 aromatic rings. The predicted molar refractivity (Wildman–Crippen MR) is 121 cm³/mol. The second-order valence-electron chi connectivity index (χ2n) is 8.42. The van der Waals surface area contributed by atoms with E-state index in [-0.39, 0.29) is 13.2 Å². The predicted octanol–water partition coefficient (Wildman–Crippen LogP) is 2.11. The number of nitrogens with zero attached hydrogens (tertiary/aromatic N) is 1. The summed E-state index contributed by atoms with van der Waals surface area (Å²) in [5.74, 6) is 0. The molecule has 0 spiro atoms. The first-order chi connectivity index (χ1) is 15.0. The van der Waals surface area contributed by atoms with E-state index in [4.69, 9.17) is 4.74 Å². The molecule has 0 bridgehead atoms. The Labute approximate surface area is 184 Å². The zero-order valence-electron chi connectivity index (χ0n) is 18.2. The summed E-state index contributed by atoms with van der Waals surface area (Å²) in [4.78, 5) is 1.86. The quantitative estimate of drug-likeness (QED) is 0.432. The van der Waals surface area contributed by atoms with Gasteiger partial charge in [0.15, 0.2) is 0 Å². The van der Waals surface area contributed by atoms with Crippen molar-refractivity contribution >= 4 is 0 Å². The van der Waals surface area contributed by atoms with Crippen LogP contribution in [-0.4, -0.2) is 76.0 Å². The average Bonchev–Trinajstić information content (AvgIpc) is 2.78. The van der Waals surface area contributed by atoms with Gasteiger partial charge in [0.2, 0.25) is 0 Å². The lowest BCUT2D eigenvalue weighted by Gasteiger charge is -2.43. The molecule has 4 unspecified atom stereocenters. The van der Waals surface area contributed by atoms with E-state index in [1.165, 1.54) is 16.7 Å². The minimum absolute atomic E-state index is 0.239. The molecule has 6 nitrogen and oxygen atoms in total. The standard InChI is InChI=1S/C25H35NO5/c1-18-7-3-4-8-21(18)20-11-9-19(10-12-20)17-31-14-6-2-5-13-26-15-23(28)25(30)24(29)22(26)16-27/h3-4,7-12,22-25,27-30H,2,5-6,13-17H2,1H3. The highest BCUT2D eigenvalue weighted by Crippen LogP contribution is 2.23. The topological polar surface area (TPSA) is 93.4 Å². The Bertz CT molecular complexity index is 797.